The van der Waals surface area contributed by atoms with Crippen LogP contribution in [-0.2, 0) is 5.41 Å². The number of anilines is 4. The van der Waals surface area contributed by atoms with Crippen molar-refractivity contribution in [3.8, 4) is 33.4 Å². The van der Waals surface area contributed by atoms with Gasteiger partial charge in [0.15, 0.2) is 0 Å². The molecule has 2 fully saturated rings. The number of hydrogen-bond acceptors (Lipinski definition) is 2. The van der Waals surface area contributed by atoms with Gasteiger partial charge < -0.3 is 9.80 Å². The Kier molecular flexibility index (Phi) is 7.71. The topological polar surface area (TPSA) is 6.48 Å². The van der Waals surface area contributed by atoms with Gasteiger partial charge in [-0.25, -0.2) is 0 Å². The molecular weight excluding hydrogens is 761 g/mol. The lowest BCUT2D eigenvalue weighted by Crippen LogP contribution is -2.40. The van der Waals surface area contributed by atoms with Crippen molar-refractivity contribution in [1.29, 1.82) is 0 Å². The van der Waals surface area contributed by atoms with Gasteiger partial charge in [-0.3, -0.25) is 0 Å². The first kappa shape index (κ1) is 37.4. The van der Waals surface area contributed by atoms with E-state index in [4.69, 9.17) is 0 Å². The van der Waals surface area contributed by atoms with Gasteiger partial charge in [-0.1, -0.05) is 125 Å². The highest BCUT2D eigenvalue weighted by Gasteiger charge is 2.56. The minimum atomic E-state index is -0.179. The molecule has 2 heteroatoms. The number of nitrogens with zero attached hydrogens (tertiary/aromatic N) is 2. The van der Waals surface area contributed by atoms with E-state index in [2.05, 4.69) is 209 Å². The highest BCUT2D eigenvalue weighted by atomic mass is 15.3. The molecule has 3 aliphatic carbocycles. The van der Waals surface area contributed by atoms with E-state index in [-0.39, 0.29) is 16.5 Å². The van der Waals surface area contributed by atoms with Gasteiger partial charge in [0.1, 0.15) is 0 Å². The van der Waals surface area contributed by atoms with Gasteiger partial charge in [-0.2, -0.15) is 0 Å². The van der Waals surface area contributed by atoms with Crippen molar-refractivity contribution in [2.75, 3.05) is 9.80 Å². The average Bonchev–Trinajstić information content (AvgIpc) is 4.02. The summed E-state index contributed by atoms with van der Waals surface area (Å²) in [5, 5.41) is 5.41. The largest absolute Gasteiger partial charge is 0.335 e. The van der Waals surface area contributed by atoms with E-state index in [9.17, 15) is 0 Å². The molecule has 6 atom stereocenters. The van der Waals surface area contributed by atoms with Crippen LogP contribution in [0.3, 0.4) is 0 Å². The first-order valence-electron chi connectivity index (χ1n) is 23.7. The molecule has 0 aromatic heterocycles. The molecule has 2 nitrogen and oxygen atoms in total. The molecule has 6 unspecified atom stereocenters. The Morgan fingerprint density at radius 3 is 1.49 bits per heavy atom. The zero-order chi connectivity index (χ0) is 42.6. The Balaban J connectivity index is 0.919. The van der Waals surface area contributed by atoms with E-state index < -0.39 is 0 Å². The highest BCUT2D eigenvalue weighted by Crippen LogP contribution is 2.63. The molecule has 0 N–H and O–H groups in total. The van der Waals surface area contributed by atoms with Gasteiger partial charge in [-0.15, -0.1) is 0 Å². The fourth-order valence-corrected chi connectivity index (χ4v) is 14.5. The number of fused-ring (bicyclic) bond motifs is 14. The second kappa shape index (κ2) is 13.0. The van der Waals surface area contributed by atoms with Crippen LogP contribution in [0.5, 0.6) is 0 Å². The number of hydrogen-bond donors (Lipinski definition) is 0. The Morgan fingerprint density at radius 2 is 0.921 bits per heavy atom. The Labute approximate surface area is 373 Å². The van der Waals surface area contributed by atoms with Crippen LogP contribution < -0.4 is 9.80 Å². The maximum atomic E-state index is 2.67. The summed E-state index contributed by atoms with van der Waals surface area (Å²) in [5.41, 5.74) is 19.3. The molecule has 0 saturated heterocycles. The molecular formula is C61H56N2. The predicted octanol–water partition coefficient (Wildman–Crippen LogP) is 16.5. The van der Waals surface area contributed by atoms with Crippen LogP contribution >= 0.6 is 0 Å². The van der Waals surface area contributed by atoms with Crippen LogP contribution in [0.1, 0.15) is 101 Å². The fourth-order valence-electron chi connectivity index (χ4n) is 14.5. The molecule has 310 valence electrons. The molecule has 13 rings (SSSR count). The van der Waals surface area contributed by atoms with E-state index in [1.165, 1.54) is 126 Å². The van der Waals surface area contributed by atoms with E-state index in [1.807, 2.05) is 0 Å². The van der Waals surface area contributed by atoms with E-state index in [1.54, 1.807) is 0 Å². The number of benzene rings is 8. The van der Waals surface area contributed by atoms with Crippen molar-refractivity contribution >= 4 is 44.3 Å². The van der Waals surface area contributed by atoms with Crippen molar-refractivity contribution in [1.82, 2.24) is 0 Å². The second-order valence-electron chi connectivity index (χ2n) is 21.0. The van der Waals surface area contributed by atoms with Crippen molar-refractivity contribution in [3.05, 3.63) is 180 Å². The third-order valence-corrected chi connectivity index (χ3v) is 17.2. The highest BCUT2D eigenvalue weighted by molar-refractivity contribution is 6.19. The third kappa shape index (κ3) is 4.96. The van der Waals surface area contributed by atoms with Crippen molar-refractivity contribution < 1.29 is 0 Å². The number of rotatable bonds is 4. The van der Waals surface area contributed by atoms with Crippen LogP contribution in [0, 0.1) is 11.8 Å². The fraction of sp³-hybridized carbons (Fsp3) is 0.279. The normalized spacial score (nSPS) is 25.9. The second-order valence-corrected chi connectivity index (χ2v) is 21.0. The third-order valence-electron chi connectivity index (χ3n) is 17.2. The van der Waals surface area contributed by atoms with Crippen LogP contribution in [0.4, 0.5) is 22.7 Å². The summed E-state index contributed by atoms with van der Waals surface area (Å²) >= 11 is 0. The zero-order valence-corrected chi connectivity index (χ0v) is 37.5. The van der Waals surface area contributed by atoms with E-state index in [0.717, 1.165) is 0 Å². The van der Waals surface area contributed by atoms with Crippen molar-refractivity contribution in [3.63, 3.8) is 0 Å². The summed E-state index contributed by atoms with van der Waals surface area (Å²) in [6.45, 7) is 14.9. The lowest BCUT2D eigenvalue weighted by atomic mass is 9.78. The standard InChI is InChI=1S/C61H56N2/c1-37-29-31-60(5)56(37)50-34-40(23-27-53(50)62(60)43-15-9-7-10-16-43)39-21-25-47-49(33-39)45-19-13-14-20-46(45)55-48-26-22-42(36-52(48)59(3,4)58(47)55)41-24-28-54-51(35-41)57-38(2)30-32-61(57,6)63(54)44-17-11-8-12-18-44/h7-28,33-38,56-57H,29-32H2,1-6H3. The molecule has 63 heavy (non-hydrogen) atoms. The van der Waals surface area contributed by atoms with Gasteiger partial charge in [0, 0.05) is 51.1 Å². The van der Waals surface area contributed by atoms with Crippen LogP contribution in [-0.4, -0.2) is 11.1 Å². The summed E-state index contributed by atoms with van der Waals surface area (Å²) < 4.78 is 0. The van der Waals surface area contributed by atoms with Crippen LogP contribution in [0.15, 0.2) is 158 Å². The zero-order valence-electron chi connectivity index (χ0n) is 37.5. The lowest BCUT2D eigenvalue weighted by Gasteiger charge is -2.38. The molecule has 5 aliphatic rings. The van der Waals surface area contributed by atoms with Gasteiger partial charge >= 0.3 is 0 Å². The summed E-state index contributed by atoms with van der Waals surface area (Å²) in [7, 11) is 0. The van der Waals surface area contributed by atoms with Gasteiger partial charge in [0.2, 0.25) is 0 Å². The van der Waals surface area contributed by atoms with Crippen molar-refractivity contribution in [2.45, 2.75) is 95.6 Å². The molecule has 2 aliphatic heterocycles. The first-order valence-corrected chi connectivity index (χ1v) is 23.7. The lowest BCUT2D eigenvalue weighted by molar-refractivity contribution is 0.414. The molecule has 8 aromatic carbocycles. The smallest absolute Gasteiger partial charge is 0.0495 e. The maximum absolute atomic E-state index is 2.67. The summed E-state index contributed by atoms with van der Waals surface area (Å²) in [6, 6.07) is 60.8. The first-order chi connectivity index (χ1) is 30.6. The molecule has 0 radical (unpaired) electrons. The van der Waals surface area contributed by atoms with E-state index in [0.29, 0.717) is 23.7 Å². The summed E-state index contributed by atoms with van der Waals surface area (Å²) in [6.07, 6.45) is 4.96. The van der Waals surface area contributed by atoms with Crippen LogP contribution in [0.25, 0.3) is 54.9 Å². The molecule has 0 amide bonds. The van der Waals surface area contributed by atoms with Crippen LogP contribution in [0.2, 0.25) is 0 Å². The SMILES string of the molecule is CC1CCC2(C)C1c1cc(-c3ccc4c(c3)C(C)(C)c3c-4c4ccccc4c4cc(-c5ccc6c(c5)C5C(C)CCC5(C)N6c5ccccc5)ccc34)ccc1N2c1ccccc1. The summed E-state index contributed by atoms with van der Waals surface area (Å²) in [5.74, 6) is 2.31. The molecule has 0 spiro atoms. The Bertz CT molecular complexity index is 3200. The quantitative estimate of drug-likeness (QED) is 0.163. The molecule has 2 saturated carbocycles. The number of para-hydroxylation sites is 2. The average molecular weight is 817 g/mol. The molecule has 8 aromatic rings. The van der Waals surface area contributed by atoms with E-state index >= 15 is 0 Å². The van der Waals surface area contributed by atoms with Gasteiger partial charge in [-0.05, 0) is 189 Å². The summed E-state index contributed by atoms with van der Waals surface area (Å²) in [4.78, 5) is 5.33. The van der Waals surface area contributed by atoms with Crippen molar-refractivity contribution in [2.24, 2.45) is 11.8 Å². The Morgan fingerprint density at radius 1 is 0.444 bits per heavy atom. The molecule has 2 heterocycles. The monoisotopic (exact) mass is 816 g/mol. The van der Waals surface area contributed by atoms with Gasteiger partial charge in [0.05, 0.1) is 0 Å². The minimum Gasteiger partial charge on any atom is -0.335 e. The minimum absolute atomic E-state index is 0.0857. The predicted molar refractivity (Wildman–Crippen MR) is 266 cm³/mol. The van der Waals surface area contributed by atoms with Gasteiger partial charge in [0.25, 0.3) is 0 Å². The molecule has 0 bridgehead atoms. The maximum Gasteiger partial charge on any atom is 0.0495 e. The Hall–Kier alpha value is -6.12.